The third-order valence-electron chi connectivity index (χ3n) is 4.75. The van der Waals surface area contributed by atoms with E-state index < -0.39 is 9.84 Å². The van der Waals surface area contributed by atoms with Crippen molar-refractivity contribution in [1.29, 1.82) is 0 Å². The van der Waals surface area contributed by atoms with E-state index in [0.717, 1.165) is 5.69 Å². The number of sulfone groups is 1. The van der Waals surface area contributed by atoms with Crippen LogP contribution in [0.15, 0.2) is 30.0 Å². The van der Waals surface area contributed by atoms with Gasteiger partial charge in [0.25, 0.3) is 0 Å². The van der Waals surface area contributed by atoms with Crippen LogP contribution in [0.4, 0.5) is 5.69 Å². The van der Waals surface area contributed by atoms with Gasteiger partial charge >= 0.3 is 0 Å². The number of anilines is 1. The number of nitrogens with one attached hydrogen (secondary N) is 1. The van der Waals surface area contributed by atoms with Gasteiger partial charge in [0.2, 0.25) is 5.91 Å². The summed E-state index contributed by atoms with van der Waals surface area (Å²) >= 11 is 0. The molecule has 1 unspecified atom stereocenters. The number of nitrogens with zero attached hydrogens (tertiary/aromatic N) is 5. The first-order chi connectivity index (χ1) is 12.9. The predicted molar refractivity (Wildman–Crippen MR) is 104 cm³/mol. The van der Waals surface area contributed by atoms with Crippen LogP contribution in [0.1, 0.15) is 6.42 Å². The van der Waals surface area contributed by atoms with Crippen LogP contribution in [0.25, 0.3) is 0 Å². The smallest absolute Gasteiger partial charge is 0.246 e. The number of rotatable bonds is 5. The maximum absolute atomic E-state index is 12.6. The molecule has 148 valence electrons. The molecule has 2 saturated heterocycles. The SMILES string of the molecule is C=CCNC(=NCC1CCS(=O)(=O)C1)N1CCN(c2cnn(C)c2)C(=O)C1. The largest absolute Gasteiger partial charge is 0.353 e. The Balaban J connectivity index is 1.65. The Kier molecular flexibility index (Phi) is 5.83. The van der Waals surface area contributed by atoms with E-state index in [-0.39, 0.29) is 29.9 Å². The van der Waals surface area contributed by atoms with E-state index in [9.17, 15) is 13.2 Å². The highest BCUT2D eigenvalue weighted by Gasteiger charge is 2.30. The maximum Gasteiger partial charge on any atom is 0.246 e. The Bertz CT molecular complexity index is 831. The van der Waals surface area contributed by atoms with Crippen molar-refractivity contribution in [2.45, 2.75) is 6.42 Å². The summed E-state index contributed by atoms with van der Waals surface area (Å²) in [6.07, 6.45) is 5.87. The highest BCUT2D eigenvalue weighted by Crippen LogP contribution is 2.19. The molecule has 3 rings (SSSR count). The highest BCUT2D eigenvalue weighted by atomic mass is 32.2. The molecule has 0 spiro atoms. The Labute approximate surface area is 159 Å². The lowest BCUT2D eigenvalue weighted by Crippen LogP contribution is -2.55. The van der Waals surface area contributed by atoms with Crippen molar-refractivity contribution < 1.29 is 13.2 Å². The number of carbonyl (C=O) groups is 1. The molecule has 2 aliphatic heterocycles. The van der Waals surface area contributed by atoms with E-state index in [1.165, 1.54) is 0 Å². The molecule has 0 aromatic carbocycles. The molecule has 1 aromatic heterocycles. The number of aromatic nitrogens is 2. The van der Waals surface area contributed by atoms with Gasteiger partial charge in [0.05, 0.1) is 23.4 Å². The van der Waals surface area contributed by atoms with Gasteiger partial charge in [-0.3, -0.25) is 14.5 Å². The van der Waals surface area contributed by atoms with Crippen molar-refractivity contribution in [2.24, 2.45) is 18.0 Å². The molecule has 0 bridgehead atoms. The average Bonchev–Trinajstić information content (AvgIpc) is 3.20. The molecular weight excluding hydrogens is 368 g/mol. The molecule has 0 aliphatic carbocycles. The van der Waals surface area contributed by atoms with E-state index in [0.29, 0.717) is 38.6 Å². The summed E-state index contributed by atoms with van der Waals surface area (Å²) in [4.78, 5) is 20.8. The third kappa shape index (κ3) is 4.88. The van der Waals surface area contributed by atoms with E-state index >= 15 is 0 Å². The van der Waals surface area contributed by atoms with Crippen molar-refractivity contribution in [3.8, 4) is 0 Å². The van der Waals surface area contributed by atoms with Crippen LogP contribution in [0.2, 0.25) is 0 Å². The zero-order valence-electron chi connectivity index (χ0n) is 15.5. The first-order valence-electron chi connectivity index (χ1n) is 9.01. The molecule has 1 N–H and O–H groups in total. The number of hydrogen-bond donors (Lipinski definition) is 1. The Morgan fingerprint density at radius 2 is 2.30 bits per heavy atom. The Hall–Kier alpha value is -2.36. The molecule has 1 atom stereocenters. The van der Waals surface area contributed by atoms with Gasteiger partial charge in [0, 0.05) is 39.4 Å². The highest BCUT2D eigenvalue weighted by molar-refractivity contribution is 7.91. The number of piperazine rings is 1. The summed E-state index contributed by atoms with van der Waals surface area (Å²) in [5.41, 5.74) is 0.788. The summed E-state index contributed by atoms with van der Waals surface area (Å²) in [5, 5.41) is 7.30. The third-order valence-corrected chi connectivity index (χ3v) is 6.59. The molecule has 2 aliphatic rings. The summed E-state index contributed by atoms with van der Waals surface area (Å²) in [5.74, 6) is 1.08. The van der Waals surface area contributed by atoms with Crippen LogP contribution in [0.3, 0.4) is 0 Å². The molecule has 3 heterocycles. The number of aryl methyl sites for hydroxylation is 1. The van der Waals surface area contributed by atoms with Crippen LogP contribution in [-0.2, 0) is 21.7 Å². The van der Waals surface area contributed by atoms with Crippen molar-refractivity contribution in [3.05, 3.63) is 25.0 Å². The topological polar surface area (TPSA) is 99.9 Å². The predicted octanol–water partition coefficient (Wildman–Crippen LogP) is -0.365. The first-order valence-corrected chi connectivity index (χ1v) is 10.8. The van der Waals surface area contributed by atoms with E-state index in [4.69, 9.17) is 0 Å². The standard InChI is InChI=1S/C17H26N6O3S/c1-3-5-18-17(19-9-14-4-8-27(25,26)13-14)22-6-7-23(16(24)12-22)15-10-20-21(2)11-15/h3,10-11,14H,1,4-9,12-13H2,2H3,(H,18,19). The van der Waals surface area contributed by atoms with Gasteiger partial charge in [-0.05, 0) is 12.3 Å². The zero-order chi connectivity index (χ0) is 19.4. The van der Waals surface area contributed by atoms with Crippen molar-refractivity contribution in [1.82, 2.24) is 20.0 Å². The number of hydrogen-bond acceptors (Lipinski definition) is 5. The number of guanidine groups is 1. The second-order valence-corrected chi connectivity index (χ2v) is 9.17. The minimum absolute atomic E-state index is 0.0224. The zero-order valence-corrected chi connectivity index (χ0v) is 16.4. The molecule has 9 nitrogen and oxygen atoms in total. The molecule has 10 heteroatoms. The number of carbonyl (C=O) groups excluding carboxylic acids is 1. The first kappa shape index (κ1) is 19.4. The normalized spacial score (nSPS) is 22.9. The molecule has 2 fully saturated rings. The van der Waals surface area contributed by atoms with Crippen LogP contribution >= 0.6 is 0 Å². The van der Waals surface area contributed by atoms with Crippen molar-refractivity contribution >= 4 is 27.4 Å². The summed E-state index contributed by atoms with van der Waals surface area (Å²) in [6.45, 7) is 6.05. The number of amides is 1. The van der Waals surface area contributed by atoms with Gasteiger partial charge in [-0.15, -0.1) is 6.58 Å². The molecule has 0 radical (unpaired) electrons. The van der Waals surface area contributed by atoms with Gasteiger partial charge in [-0.25, -0.2) is 8.42 Å². The lowest BCUT2D eigenvalue weighted by Gasteiger charge is -2.35. The molecule has 27 heavy (non-hydrogen) atoms. The molecule has 0 saturated carbocycles. The molecule has 1 aromatic rings. The van der Waals surface area contributed by atoms with Gasteiger partial charge in [0.1, 0.15) is 6.54 Å². The quantitative estimate of drug-likeness (QED) is 0.416. The van der Waals surface area contributed by atoms with Gasteiger partial charge in [0.15, 0.2) is 15.8 Å². The van der Waals surface area contributed by atoms with Gasteiger partial charge in [-0.2, -0.15) is 5.10 Å². The van der Waals surface area contributed by atoms with Crippen LogP contribution in [0.5, 0.6) is 0 Å². The molecular formula is C17H26N6O3S. The summed E-state index contributed by atoms with van der Waals surface area (Å²) in [7, 11) is -1.10. The van der Waals surface area contributed by atoms with E-state index in [1.807, 2.05) is 18.1 Å². The minimum atomic E-state index is -2.92. The Morgan fingerprint density at radius 1 is 1.48 bits per heavy atom. The second-order valence-electron chi connectivity index (χ2n) is 6.94. The fourth-order valence-corrected chi connectivity index (χ4v) is 5.19. The maximum atomic E-state index is 12.6. The Morgan fingerprint density at radius 3 is 2.89 bits per heavy atom. The van der Waals surface area contributed by atoms with Crippen LogP contribution in [-0.4, -0.2) is 79.2 Å². The second kappa shape index (κ2) is 8.12. The number of aliphatic imine (C=N–C) groups is 1. The summed E-state index contributed by atoms with van der Waals surface area (Å²) in [6, 6.07) is 0. The van der Waals surface area contributed by atoms with Crippen LogP contribution < -0.4 is 10.2 Å². The van der Waals surface area contributed by atoms with Gasteiger partial charge in [-0.1, -0.05) is 6.08 Å². The minimum Gasteiger partial charge on any atom is -0.353 e. The molecule has 1 amide bonds. The fraction of sp³-hybridized carbons (Fsp3) is 0.588. The lowest BCUT2D eigenvalue weighted by molar-refractivity contribution is -0.120. The van der Waals surface area contributed by atoms with Crippen molar-refractivity contribution in [3.63, 3.8) is 0 Å². The van der Waals surface area contributed by atoms with Gasteiger partial charge < -0.3 is 15.1 Å². The van der Waals surface area contributed by atoms with E-state index in [1.54, 1.807) is 21.9 Å². The lowest BCUT2D eigenvalue weighted by atomic mass is 10.1. The fourth-order valence-electron chi connectivity index (χ4n) is 3.34. The van der Waals surface area contributed by atoms with Crippen LogP contribution in [0, 0.1) is 5.92 Å². The summed E-state index contributed by atoms with van der Waals surface area (Å²) < 4.78 is 24.9. The monoisotopic (exact) mass is 394 g/mol. The van der Waals surface area contributed by atoms with E-state index in [2.05, 4.69) is 22.0 Å². The van der Waals surface area contributed by atoms with Crippen molar-refractivity contribution in [2.75, 3.05) is 49.1 Å². The average molecular weight is 395 g/mol.